The minimum atomic E-state index is -4.59. The molecule has 0 bridgehead atoms. The quantitative estimate of drug-likeness (QED) is 0.613. The van der Waals surface area contributed by atoms with Gasteiger partial charge in [0.25, 0.3) is 5.69 Å². The number of nitro benzene ring substituents is 1. The van der Waals surface area contributed by atoms with Crippen molar-refractivity contribution < 1.29 is 18.1 Å². The lowest BCUT2D eigenvalue weighted by molar-refractivity contribution is -0.385. The SMILES string of the molecule is O=[N+]([O-])c1ccc(N2CCCC3(CC3)C2)c(C(F)(F)F)c1. The zero-order valence-electron chi connectivity index (χ0n) is 11.3. The van der Waals surface area contributed by atoms with Gasteiger partial charge in [-0.05, 0) is 37.2 Å². The monoisotopic (exact) mass is 300 g/mol. The fourth-order valence-corrected chi connectivity index (χ4v) is 3.14. The number of alkyl halides is 3. The summed E-state index contributed by atoms with van der Waals surface area (Å²) in [5.74, 6) is 0. The number of hydrogen-bond donors (Lipinski definition) is 0. The van der Waals surface area contributed by atoms with Gasteiger partial charge in [0.1, 0.15) is 0 Å². The minimum absolute atomic E-state index is 0.0686. The number of hydrogen-bond acceptors (Lipinski definition) is 3. The van der Waals surface area contributed by atoms with Crippen LogP contribution in [0.3, 0.4) is 0 Å². The maximum Gasteiger partial charge on any atom is 0.418 e. The molecular formula is C14H15F3N2O2. The Bertz CT molecular complexity index is 582. The van der Waals surface area contributed by atoms with Crippen LogP contribution in [-0.2, 0) is 6.18 Å². The van der Waals surface area contributed by atoms with Crippen LogP contribution in [0.4, 0.5) is 24.5 Å². The second kappa shape index (κ2) is 4.61. The molecule has 0 atom stereocenters. The van der Waals surface area contributed by atoms with Gasteiger partial charge in [0.05, 0.1) is 10.5 Å². The van der Waals surface area contributed by atoms with E-state index in [-0.39, 0.29) is 11.1 Å². The number of rotatable bonds is 2. The molecule has 0 N–H and O–H groups in total. The standard InChI is InChI=1S/C14H15F3N2O2/c15-14(16,17)11-8-10(19(20)21)2-3-12(11)18-7-1-4-13(9-18)5-6-13/h2-3,8H,1,4-7,9H2. The Kier molecular flexibility index (Phi) is 3.11. The van der Waals surface area contributed by atoms with Crippen LogP contribution in [0.1, 0.15) is 31.2 Å². The first-order valence-electron chi connectivity index (χ1n) is 6.91. The van der Waals surface area contributed by atoms with Crippen LogP contribution in [0.2, 0.25) is 0 Å². The van der Waals surface area contributed by atoms with Crippen LogP contribution < -0.4 is 4.90 Å². The van der Waals surface area contributed by atoms with E-state index in [1.165, 1.54) is 6.07 Å². The normalized spacial score (nSPS) is 20.6. The Balaban J connectivity index is 1.98. The van der Waals surface area contributed by atoms with Crippen LogP contribution >= 0.6 is 0 Å². The summed E-state index contributed by atoms with van der Waals surface area (Å²) in [6, 6.07) is 3.03. The first-order valence-corrected chi connectivity index (χ1v) is 6.91. The molecule has 7 heteroatoms. The maximum atomic E-state index is 13.2. The summed E-state index contributed by atoms with van der Waals surface area (Å²) in [5, 5.41) is 10.7. The first kappa shape index (κ1) is 14.2. The van der Waals surface area contributed by atoms with Crippen molar-refractivity contribution in [2.24, 2.45) is 5.41 Å². The van der Waals surface area contributed by atoms with Crippen LogP contribution in [0, 0.1) is 15.5 Å². The minimum Gasteiger partial charge on any atom is -0.370 e. The molecule has 1 aromatic carbocycles. The molecule has 0 amide bonds. The molecule has 114 valence electrons. The van der Waals surface area contributed by atoms with Gasteiger partial charge in [-0.1, -0.05) is 0 Å². The van der Waals surface area contributed by atoms with Gasteiger partial charge in [0.15, 0.2) is 0 Å². The highest BCUT2D eigenvalue weighted by Crippen LogP contribution is 2.53. The number of anilines is 1. The molecule has 21 heavy (non-hydrogen) atoms. The molecule has 0 unspecified atom stereocenters. The van der Waals surface area contributed by atoms with Crippen molar-refractivity contribution in [2.75, 3.05) is 18.0 Å². The van der Waals surface area contributed by atoms with E-state index >= 15 is 0 Å². The molecule has 1 spiro atoms. The summed E-state index contributed by atoms with van der Waals surface area (Å²) >= 11 is 0. The average Bonchev–Trinajstić information content (AvgIpc) is 3.16. The third kappa shape index (κ3) is 2.69. The van der Waals surface area contributed by atoms with E-state index in [4.69, 9.17) is 0 Å². The largest absolute Gasteiger partial charge is 0.418 e. The van der Waals surface area contributed by atoms with E-state index in [0.717, 1.165) is 31.7 Å². The summed E-state index contributed by atoms with van der Waals surface area (Å²) in [4.78, 5) is 11.7. The second-order valence-corrected chi connectivity index (χ2v) is 5.98. The van der Waals surface area contributed by atoms with Gasteiger partial charge in [0, 0.05) is 30.9 Å². The van der Waals surface area contributed by atoms with Gasteiger partial charge in [-0.3, -0.25) is 10.1 Å². The van der Waals surface area contributed by atoms with Gasteiger partial charge >= 0.3 is 6.18 Å². The smallest absolute Gasteiger partial charge is 0.370 e. The Labute approximate surface area is 119 Å². The van der Waals surface area contributed by atoms with Gasteiger partial charge in [-0.2, -0.15) is 13.2 Å². The molecule has 1 aliphatic carbocycles. The van der Waals surface area contributed by atoms with Crippen LogP contribution in [-0.4, -0.2) is 18.0 Å². The summed E-state index contributed by atoms with van der Waals surface area (Å²) < 4.78 is 39.6. The third-order valence-electron chi connectivity index (χ3n) is 4.46. The zero-order chi connectivity index (χ0) is 15.3. The molecule has 0 aromatic heterocycles. The molecule has 1 aromatic rings. The summed E-state index contributed by atoms with van der Waals surface area (Å²) in [5.41, 5.74) is -1.18. The molecule has 1 saturated heterocycles. The Morgan fingerprint density at radius 3 is 2.52 bits per heavy atom. The topological polar surface area (TPSA) is 46.4 Å². The number of benzene rings is 1. The average molecular weight is 300 g/mol. The molecule has 4 nitrogen and oxygen atoms in total. The van der Waals surface area contributed by atoms with Crippen molar-refractivity contribution in [3.63, 3.8) is 0 Å². The second-order valence-electron chi connectivity index (χ2n) is 5.98. The van der Waals surface area contributed by atoms with Crippen LogP contribution in [0.5, 0.6) is 0 Å². The highest BCUT2D eigenvalue weighted by atomic mass is 19.4. The van der Waals surface area contributed by atoms with Gasteiger partial charge in [0.2, 0.25) is 0 Å². The number of piperidine rings is 1. The Morgan fingerprint density at radius 2 is 1.95 bits per heavy atom. The lowest BCUT2D eigenvalue weighted by atomic mass is 9.94. The third-order valence-corrected chi connectivity index (χ3v) is 4.46. The molecule has 2 aliphatic rings. The van der Waals surface area contributed by atoms with Crippen molar-refractivity contribution >= 4 is 11.4 Å². The van der Waals surface area contributed by atoms with E-state index in [0.29, 0.717) is 19.2 Å². The van der Waals surface area contributed by atoms with E-state index in [9.17, 15) is 23.3 Å². The van der Waals surface area contributed by atoms with Gasteiger partial charge in [-0.25, -0.2) is 0 Å². The summed E-state index contributed by atoms with van der Waals surface area (Å²) in [6.07, 6.45) is -0.517. The van der Waals surface area contributed by atoms with E-state index in [2.05, 4.69) is 0 Å². The fraction of sp³-hybridized carbons (Fsp3) is 0.571. The number of nitro groups is 1. The molecule has 1 heterocycles. The first-order chi connectivity index (χ1) is 9.81. The van der Waals surface area contributed by atoms with Crippen molar-refractivity contribution in [3.05, 3.63) is 33.9 Å². The highest BCUT2D eigenvalue weighted by Gasteiger charge is 2.46. The van der Waals surface area contributed by atoms with E-state index < -0.39 is 22.4 Å². The number of non-ortho nitro benzene ring substituents is 1. The zero-order valence-corrected chi connectivity index (χ0v) is 11.3. The fourth-order valence-electron chi connectivity index (χ4n) is 3.14. The van der Waals surface area contributed by atoms with Crippen molar-refractivity contribution in [1.82, 2.24) is 0 Å². The molecule has 1 saturated carbocycles. The summed E-state index contributed by atoms with van der Waals surface area (Å²) in [6.45, 7) is 1.19. The molecule has 3 rings (SSSR count). The summed E-state index contributed by atoms with van der Waals surface area (Å²) in [7, 11) is 0. The van der Waals surface area contributed by atoms with Crippen molar-refractivity contribution in [1.29, 1.82) is 0 Å². The molecule has 2 fully saturated rings. The van der Waals surface area contributed by atoms with Crippen LogP contribution in [0.25, 0.3) is 0 Å². The molecule has 1 aliphatic heterocycles. The van der Waals surface area contributed by atoms with E-state index in [1.54, 1.807) is 4.90 Å². The van der Waals surface area contributed by atoms with Gasteiger partial charge in [-0.15, -0.1) is 0 Å². The molecular weight excluding hydrogens is 285 g/mol. The van der Waals surface area contributed by atoms with E-state index in [1.807, 2.05) is 0 Å². The van der Waals surface area contributed by atoms with Crippen LogP contribution in [0.15, 0.2) is 18.2 Å². The number of nitrogens with zero attached hydrogens (tertiary/aromatic N) is 2. The van der Waals surface area contributed by atoms with Crippen molar-refractivity contribution in [2.45, 2.75) is 31.9 Å². The lowest BCUT2D eigenvalue weighted by Gasteiger charge is -2.36. The molecule has 0 radical (unpaired) electrons. The predicted molar refractivity (Wildman–Crippen MR) is 71.2 cm³/mol. The lowest BCUT2D eigenvalue weighted by Crippen LogP contribution is -2.37. The maximum absolute atomic E-state index is 13.2. The van der Waals surface area contributed by atoms with Gasteiger partial charge < -0.3 is 4.90 Å². The Hall–Kier alpha value is -1.79. The Morgan fingerprint density at radius 1 is 1.24 bits per heavy atom. The van der Waals surface area contributed by atoms with Crippen molar-refractivity contribution in [3.8, 4) is 0 Å². The number of halogens is 3. The predicted octanol–water partition coefficient (Wildman–Crippen LogP) is 3.99. The highest BCUT2D eigenvalue weighted by molar-refractivity contribution is 5.59.